The second kappa shape index (κ2) is 10.9. The number of hydroxylamine groups is 1. The first kappa shape index (κ1) is 23.5. The topological polar surface area (TPSA) is 108 Å². The van der Waals surface area contributed by atoms with Crippen molar-refractivity contribution in [1.29, 1.82) is 0 Å². The van der Waals surface area contributed by atoms with Gasteiger partial charge < -0.3 is 15.5 Å². The van der Waals surface area contributed by atoms with Crippen LogP contribution in [0.5, 0.6) is 0 Å². The number of anilines is 4. The molecule has 2 amide bonds. The molecule has 2 aromatic rings. The molecule has 1 heterocycles. The molecule has 0 aliphatic heterocycles. The van der Waals surface area contributed by atoms with Gasteiger partial charge in [0.25, 0.3) is 0 Å². The van der Waals surface area contributed by atoms with E-state index in [1.807, 2.05) is 24.3 Å². The minimum absolute atomic E-state index is 0.0500. The molecule has 0 bridgehead atoms. The van der Waals surface area contributed by atoms with Crippen molar-refractivity contribution in [2.24, 2.45) is 5.92 Å². The van der Waals surface area contributed by atoms with Crippen molar-refractivity contribution in [2.45, 2.75) is 31.7 Å². The molecule has 3 N–H and O–H groups in total. The number of benzene rings is 1. The van der Waals surface area contributed by atoms with Gasteiger partial charge in [0.2, 0.25) is 17.8 Å². The zero-order valence-corrected chi connectivity index (χ0v) is 18.9. The van der Waals surface area contributed by atoms with Crippen molar-refractivity contribution in [3.8, 4) is 0 Å². The fourth-order valence-electron chi connectivity index (χ4n) is 3.70. The number of nitrogens with zero attached hydrogens (tertiary/aromatic N) is 3. The van der Waals surface area contributed by atoms with Crippen LogP contribution >= 0.6 is 11.6 Å². The van der Waals surface area contributed by atoms with Gasteiger partial charge in [-0.05, 0) is 37.5 Å². The van der Waals surface area contributed by atoms with E-state index in [-0.39, 0.29) is 23.8 Å². The largest absolute Gasteiger partial charge is 0.351 e. The standard InChI is InChI=1S/C22H27ClN6O3/c1-4-19(30)29(2)18-11-6-5-10-17(18)26-20-16(23)13-24-22(27-20)25-15-9-7-8-14(12-15)21(31)28-32-3/h4-6,10-11,13-15H,1,7-9,12H2,2-3H3,(H,28,31)(H2,24,25,26,27)/t14-,15+/m0/s1. The molecule has 0 unspecified atom stereocenters. The van der Waals surface area contributed by atoms with Crippen molar-refractivity contribution in [2.75, 3.05) is 29.7 Å². The van der Waals surface area contributed by atoms with Gasteiger partial charge in [0.15, 0.2) is 5.82 Å². The summed E-state index contributed by atoms with van der Waals surface area (Å²) in [5.74, 6) is 0.326. The first-order valence-corrected chi connectivity index (χ1v) is 10.7. The minimum atomic E-state index is -0.236. The molecule has 2 atom stereocenters. The van der Waals surface area contributed by atoms with Gasteiger partial charge in [0, 0.05) is 19.0 Å². The lowest BCUT2D eigenvalue weighted by Crippen LogP contribution is -2.37. The Morgan fingerprint density at radius 2 is 2.09 bits per heavy atom. The van der Waals surface area contributed by atoms with Gasteiger partial charge in [-0.2, -0.15) is 4.98 Å². The van der Waals surface area contributed by atoms with Crippen molar-refractivity contribution in [3.05, 3.63) is 48.1 Å². The number of carbonyl (C=O) groups is 2. The maximum absolute atomic E-state index is 12.1. The van der Waals surface area contributed by atoms with Gasteiger partial charge >= 0.3 is 0 Å². The van der Waals surface area contributed by atoms with Gasteiger partial charge in [0.05, 0.1) is 24.7 Å². The van der Waals surface area contributed by atoms with E-state index in [4.69, 9.17) is 16.4 Å². The summed E-state index contributed by atoms with van der Waals surface area (Å²) in [6.07, 6.45) is 6.05. The highest BCUT2D eigenvalue weighted by molar-refractivity contribution is 6.33. The molecule has 1 aromatic carbocycles. The highest BCUT2D eigenvalue weighted by atomic mass is 35.5. The Hall–Kier alpha value is -3.17. The molecule has 0 radical (unpaired) electrons. The third-order valence-electron chi connectivity index (χ3n) is 5.35. The van der Waals surface area contributed by atoms with Crippen LogP contribution in [-0.2, 0) is 14.4 Å². The Kier molecular flexibility index (Phi) is 8.02. The fourth-order valence-corrected chi connectivity index (χ4v) is 3.84. The summed E-state index contributed by atoms with van der Waals surface area (Å²) >= 11 is 6.33. The molecule has 1 aliphatic carbocycles. The molecule has 1 aliphatic rings. The van der Waals surface area contributed by atoms with Crippen LogP contribution in [0.2, 0.25) is 5.02 Å². The van der Waals surface area contributed by atoms with E-state index < -0.39 is 0 Å². The third-order valence-corrected chi connectivity index (χ3v) is 5.63. The van der Waals surface area contributed by atoms with Crippen LogP contribution in [0.4, 0.5) is 23.1 Å². The highest BCUT2D eigenvalue weighted by Crippen LogP contribution is 2.31. The quantitative estimate of drug-likeness (QED) is 0.409. The lowest BCUT2D eigenvalue weighted by Gasteiger charge is -2.28. The van der Waals surface area contributed by atoms with E-state index in [9.17, 15) is 9.59 Å². The molecule has 32 heavy (non-hydrogen) atoms. The summed E-state index contributed by atoms with van der Waals surface area (Å²) < 4.78 is 0. The van der Waals surface area contributed by atoms with Gasteiger partial charge in [-0.3, -0.25) is 14.4 Å². The lowest BCUT2D eigenvalue weighted by atomic mass is 9.85. The van der Waals surface area contributed by atoms with Crippen LogP contribution in [0.3, 0.4) is 0 Å². The second-order valence-corrected chi connectivity index (χ2v) is 7.92. The van der Waals surface area contributed by atoms with E-state index in [1.54, 1.807) is 7.05 Å². The normalized spacial score (nSPS) is 17.8. The van der Waals surface area contributed by atoms with E-state index in [0.717, 1.165) is 19.3 Å². The van der Waals surface area contributed by atoms with Crippen molar-refractivity contribution in [1.82, 2.24) is 15.4 Å². The number of para-hydroxylation sites is 2. The smallest absolute Gasteiger partial charge is 0.250 e. The van der Waals surface area contributed by atoms with E-state index in [0.29, 0.717) is 34.6 Å². The Labute approximate surface area is 192 Å². The molecule has 1 saturated carbocycles. The number of rotatable bonds is 8. The Bertz CT molecular complexity index is 986. The average Bonchev–Trinajstić information content (AvgIpc) is 2.81. The molecule has 10 heteroatoms. The predicted octanol–water partition coefficient (Wildman–Crippen LogP) is 3.67. The van der Waals surface area contributed by atoms with Gasteiger partial charge in [-0.15, -0.1) is 0 Å². The Morgan fingerprint density at radius 1 is 1.31 bits per heavy atom. The molecule has 0 spiro atoms. The number of nitrogens with one attached hydrogen (secondary N) is 3. The monoisotopic (exact) mass is 458 g/mol. The van der Waals surface area contributed by atoms with E-state index >= 15 is 0 Å². The van der Waals surface area contributed by atoms with Gasteiger partial charge in [-0.1, -0.05) is 36.7 Å². The number of aromatic nitrogens is 2. The van der Waals surface area contributed by atoms with E-state index in [1.165, 1.54) is 24.3 Å². The Morgan fingerprint density at radius 3 is 2.84 bits per heavy atom. The van der Waals surface area contributed by atoms with Crippen LogP contribution in [0.1, 0.15) is 25.7 Å². The Balaban J connectivity index is 1.75. The molecule has 3 rings (SSSR count). The summed E-state index contributed by atoms with van der Waals surface area (Å²) in [4.78, 5) is 39.2. The number of hydrogen-bond acceptors (Lipinski definition) is 7. The SMILES string of the molecule is C=CC(=O)N(C)c1ccccc1Nc1nc(N[C@@H]2CCC[C@H](C(=O)NOC)C2)ncc1Cl. The zero-order chi connectivity index (χ0) is 23.1. The molecule has 0 saturated heterocycles. The van der Waals surface area contributed by atoms with Crippen LogP contribution in [0.15, 0.2) is 43.1 Å². The summed E-state index contributed by atoms with van der Waals surface area (Å²) in [7, 11) is 3.09. The van der Waals surface area contributed by atoms with Gasteiger partial charge in [0.1, 0.15) is 5.02 Å². The molecule has 170 valence electrons. The second-order valence-electron chi connectivity index (χ2n) is 7.51. The molecule has 1 fully saturated rings. The van der Waals surface area contributed by atoms with Crippen LogP contribution in [-0.4, -0.2) is 42.0 Å². The lowest BCUT2D eigenvalue weighted by molar-refractivity contribution is -0.136. The number of likely N-dealkylation sites (N-methyl/N-ethyl adjacent to an activating group) is 1. The zero-order valence-electron chi connectivity index (χ0n) is 18.1. The molecule has 9 nitrogen and oxygen atoms in total. The fraction of sp³-hybridized carbons (Fsp3) is 0.364. The average molecular weight is 459 g/mol. The van der Waals surface area contributed by atoms with Gasteiger partial charge in [-0.25, -0.2) is 10.5 Å². The van der Waals surface area contributed by atoms with Crippen LogP contribution < -0.4 is 21.0 Å². The summed E-state index contributed by atoms with van der Waals surface area (Å²) in [5, 5.41) is 6.83. The highest BCUT2D eigenvalue weighted by Gasteiger charge is 2.28. The number of hydrogen-bond donors (Lipinski definition) is 3. The summed E-state index contributed by atoms with van der Waals surface area (Å²) in [6.45, 7) is 3.53. The number of halogens is 1. The number of carbonyl (C=O) groups excluding carboxylic acids is 2. The van der Waals surface area contributed by atoms with E-state index in [2.05, 4.69) is 32.7 Å². The molecular formula is C22H27ClN6O3. The van der Waals surface area contributed by atoms with Crippen molar-refractivity contribution < 1.29 is 14.4 Å². The number of amides is 2. The predicted molar refractivity (Wildman–Crippen MR) is 125 cm³/mol. The molecular weight excluding hydrogens is 432 g/mol. The minimum Gasteiger partial charge on any atom is -0.351 e. The first-order valence-electron chi connectivity index (χ1n) is 10.3. The van der Waals surface area contributed by atoms with Crippen molar-refractivity contribution >= 4 is 46.6 Å². The maximum Gasteiger partial charge on any atom is 0.250 e. The van der Waals surface area contributed by atoms with Crippen molar-refractivity contribution in [3.63, 3.8) is 0 Å². The first-order chi connectivity index (χ1) is 15.4. The molecule has 1 aromatic heterocycles. The van der Waals surface area contributed by atoms with Crippen LogP contribution in [0.25, 0.3) is 0 Å². The summed E-state index contributed by atoms with van der Waals surface area (Å²) in [5.41, 5.74) is 3.72. The summed E-state index contributed by atoms with van der Waals surface area (Å²) in [6, 6.07) is 7.37. The third kappa shape index (κ3) is 5.74. The maximum atomic E-state index is 12.1. The van der Waals surface area contributed by atoms with Crippen LogP contribution in [0, 0.1) is 5.92 Å².